The van der Waals surface area contributed by atoms with Crippen LogP contribution in [0.1, 0.15) is 21.6 Å². The van der Waals surface area contributed by atoms with Crippen molar-refractivity contribution in [3.8, 4) is 17.6 Å². The van der Waals surface area contributed by atoms with Crippen LogP contribution in [0.5, 0.6) is 5.75 Å². The van der Waals surface area contributed by atoms with Crippen molar-refractivity contribution in [3.05, 3.63) is 59.4 Å². The summed E-state index contributed by atoms with van der Waals surface area (Å²) in [5, 5.41) is 0. The Morgan fingerprint density at radius 3 is 2.61 bits per heavy atom. The predicted octanol–water partition coefficient (Wildman–Crippen LogP) is 2.30. The summed E-state index contributed by atoms with van der Waals surface area (Å²) in [5.41, 5.74) is 1.83. The van der Waals surface area contributed by atoms with Gasteiger partial charge in [0.2, 0.25) is 0 Å². The third-order valence-electron chi connectivity index (χ3n) is 2.38. The Bertz CT molecular complexity index is 606. The van der Waals surface area contributed by atoms with Gasteiger partial charge in [-0.2, -0.15) is 0 Å². The molecule has 2 aromatic rings. The molecule has 3 nitrogen and oxygen atoms in total. The van der Waals surface area contributed by atoms with E-state index >= 15 is 0 Å². The lowest BCUT2D eigenvalue weighted by molar-refractivity contribution is 0.112. The number of carbonyl (C=O) groups is 1. The Balaban J connectivity index is 2.28. The van der Waals surface area contributed by atoms with Crippen LogP contribution in [0.25, 0.3) is 0 Å². The molecule has 0 spiro atoms. The summed E-state index contributed by atoms with van der Waals surface area (Å²) in [6.45, 7) is 0. The fourth-order valence-electron chi connectivity index (χ4n) is 1.42. The van der Waals surface area contributed by atoms with Gasteiger partial charge in [-0.3, -0.25) is 4.79 Å². The van der Waals surface area contributed by atoms with Gasteiger partial charge >= 0.3 is 0 Å². The van der Waals surface area contributed by atoms with Gasteiger partial charge in [-0.25, -0.2) is 4.98 Å². The molecule has 1 aromatic carbocycles. The smallest absolute Gasteiger partial charge is 0.152 e. The molecule has 0 atom stereocenters. The molecule has 0 radical (unpaired) electrons. The van der Waals surface area contributed by atoms with Gasteiger partial charge in [-0.05, 0) is 42.3 Å². The van der Waals surface area contributed by atoms with E-state index in [4.69, 9.17) is 4.74 Å². The molecule has 18 heavy (non-hydrogen) atoms. The van der Waals surface area contributed by atoms with Crippen LogP contribution < -0.4 is 4.74 Å². The number of carbonyl (C=O) groups excluding carboxylic acids is 1. The lowest BCUT2D eigenvalue weighted by atomic mass is 10.2. The summed E-state index contributed by atoms with van der Waals surface area (Å²) >= 11 is 0. The summed E-state index contributed by atoms with van der Waals surface area (Å²) in [5.74, 6) is 6.63. The van der Waals surface area contributed by atoms with Gasteiger partial charge in [0.25, 0.3) is 0 Å². The number of ether oxygens (including phenoxy) is 1. The molecule has 3 heteroatoms. The van der Waals surface area contributed by atoms with Crippen LogP contribution in [0.3, 0.4) is 0 Å². The molecule has 0 saturated carbocycles. The molecule has 0 unspecified atom stereocenters. The second-order valence-electron chi connectivity index (χ2n) is 3.54. The molecule has 2 rings (SSSR count). The van der Waals surface area contributed by atoms with E-state index in [1.165, 1.54) is 0 Å². The first kappa shape index (κ1) is 11.9. The fraction of sp³-hybridized carbons (Fsp3) is 0.0667. The third kappa shape index (κ3) is 2.74. The number of pyridine rings is 1. The summed E-state index contributed by atoms with van der Waals surface area (Å²) in [6, 6.07) is 10.8. The largest absolute Gasteiger partial charge is 0.497 e. The van der Waals surface area contributed by atoms with E-state index in [9.17, 15) is 4.79 Å². The Hall–Kier alpha value is -2.60. The van der Waals surface area contributed by atoms with E-state index in [2.05, 4.69) is 16.8 Å². The molecule has 0 aliphatic heterocycles. The minimum Gasteiger partial charge on any atom is -0.497 e. The van der Waals surface area contributed by atoms with Gasteiger partial charge in [-0.1, -0.05) is 5.92 Å². The monoisotopic (exact) mass is 237 g/mol. The van der Waals surface area contributed by atoms with Crippen molar-refractivity contribution >= 4 is 6.29 Å². The van der Waals surface area contributed by atoms with E-state index in [0.717, 1.165) is 17.6 Å². The van der Waals surface area contributed by atoms with Gasteiger partial charge in [-0.15, -0.1) is 0 Å². The molecule has 0 aliphatic carbocycles. The zero-order chi connectivity index (χ0) is 12.8. The molecular weight excluding hydrogens is 226 g/mol. The fourth-order valence-corrected chi connectivity index (χ4v) is 1.42. The number of nitrogens with zero attached hydrogens (tertiary/aromatic N) is 1. The first-order valence-electron chi connectivity index (χ1n) is 5.40. The molecular formula is C15H11NO2. The summed E-state index contributed by atoms with van der Waals surface area (Å²) in [6.07, 6.45) is 2.37. The zero-order valence-corrected chi connectivity index (χ0v) is 9.88. The molecule has 0 aliphatic rings. The van der Waals surface area contributed by atoms with E-state index in [1.54, 1.807) is 25.4 Å². The van der Waals surface area contributed by atoms with Crippen molar-refractivity contribution in [1.29, 1.82) is 0 Å². The Morgan fingerprint density at radius 1 is 1.17 bits per heavy atom. The number of hydrogen-bond donors (Lipinski definition) is 0. The van der Waals surface area contributed by atoms with E-state index in [-0.39, 0.29) is 0 Å². The van der Waals surface area contributed by atoms with Crippen molar-refractivity contribution in [2.75, 3.05) is 7.11 Å². The molecule has 0 amide bonds. The number of methoxy groups -OCH3 is 1. The van der Waals surface area contributed by atoms with E-state index in [0.29, 0.717) is 11.3 Å². The van der Waals surface area contributed by atoms with Crippen LogP contribution >= 0.6 is 0 Å². The second-order valence-corrected chi connectivity index (χ2v) is 3.54. The molecule has 1 aromatic heterocycles. The highest BCUT2D eigenvalue weighted by atomic mass is 16.5. The first-order chi connectivity index (χ1) is 8.83. The lowest BCUT2D eigenvalue weighted by Crippen LogP contribution is -1.90. The van der Waals surface area contributed by atoms with Crippen molar-refractivity contribution in [2.45, 2.75) is 0 Å². The Kier molecular flexibility index (Phi) is 3.72. The van der Waals surface area contributed by atoms with Crippen molar-refractivity contribution in [3.63, 3.8) is 0 Å². The van der Waals surface area contributed by atoms with Crippen LogP contribution in [0, 0.1) is 11.8 Å². The number of aldehydes is 1. The Morgan fingerprint density at radius 2 is 1.94 bits per heavy atom. The van der Waals surface area contributed by atoms with E-state index in [1.807, 2.05) is 24.3 Å². The average Bonchev–Trinajstić information content (AvgIpc) is 2.46. The molecule has 0 fully saturated rings. The van der Waals surface area contributed by atoms with Crippen LogP contribution in [0.2, 0.25) is 0 Å². The number of rotatable bonds is 2. The normalized spacial score (nSPS) is 9.17. The highest BCUT2D eigenvalue weighted by Crippen LogP contribution is 2.10. The summed E-state index contributed by atoms with van der Waals surface area (Å²) in [7, 11) is 1.62. The maximum Gasteiger partial charge on any atom is 0.152 e. The summed E-state index contributed by atoms with van der Waals surface area (Å²) in [4.78, 5) is 14.9. The minimum atomic E-state index is 0.489. The molecule has 0 N–H and O–H groups in total. The Labute approximate surface area is 105 Å². The summed E-state index contributed by atoms with van der Waals surface area (Å²) < 4.78 is 5.06. The van der Waals surface area contributed by atoms with Crippen LogP contribution in [-0.2, 0) is 0 Å². The maximum absolute atomic E-state index is 10.8. The van der Waals surface area contributed by atoms with Crippen molar-refractivity contribution in [1.82, 2.24) is 4.98 Å². The van der Waals surface area contributed by atoms with Crippen LogP contribution in [0.15, 0.2) is 42.6 Å². The minimum absolute atomic E-state index is 0.489. The molecule has 88 valence electrons. The standard InChI is InChI=1S/C15H11NO2/c1-18-14-7-4-12(5-8-14)6-9-15-13(11-17)3-2-10-16-15/h2-5,7-8,10-11H,1H3. The van der Waals surface area contributed by atoms with Crippen molar-refractivity contribution in [2.24, 2.45) is 0 Å². The van der Waals surface area contributed by atoms with Gasteiger partial charge in [0.1, 0.15) is 11.4 Å². The van der Waals surface area contributed by atoms with Gasteiger partial charge in [0, 0.05) is 17.3 Å². The SMILES string of the molecule is COc1ccc(C#Cc2ncccc2C=O)cc1. The number of hydrogen-bond acceptors (Lipinski definition) is 3. The zero-order valence-electron chi connectivity index (χ0n) is 9.88. The number of benzene rings is 1. The average molecular weight is 237 g/mol. The van der Waals surface area contributed by atoms with Gasteiger partial charge in [0.05, 0.1) is 7.11 Å². The quantitative estimate of drug-likeness (QED) is 0.594. The van der Waals surface area contributed by atoms with Crippen molar-refractivity contribution < 1.29 is 9.53 Å². The third-order valence-corrected chi connectivity index (χ3v) is 2.38. The number of aromatic nitrogens is 1. The second kappa shape index (κ2) is 5.65. The molecule has 0 saturated heterocycles. The van der Waals surface area contributed by atoms with E-state index < -0.39 is 0 Å². The molecule has 1 heterocycles. The highest BCUT2D eigenvalue weighted by Gasteiger charge is 1.97. The van der Waals surface area contributed by atoms with Crippen LogP contribution in [-0.4, -0.2) is 18.4 Å². The predicted molar refractivity (Wildman–Crippen MR) is 68.6 cm³/mol. The van der Waals surface area contributed by atoms with Crippen LogP contribution in [0.4, 0.5) is 0 Å². The first-order valence-corrected chi connectivity index (χ1v) is 5.40. The lowest BCUT2D eigenvalue weighted by Gasteiger charge is -1.97. The van der Waals surface area contributed by atoms with Gasteiger partial charge < -0.3 is 4.74 Å². The van der Waals surface area contributed by atoms with Gasteiger partial charge in [0.15, 0.2) is 6.29 Å². The maximum atomic E-state index is 10.8. The topological polar surface area (TPSA) is 39.2 Å². The molecule has 0 bridgehead atoms. The highest BCUT2D eigenvalue weighted by molar-refractivity contribution is 5.78.